The standard InChI is InChI=1S/C17H28N2O/c1-3-19(16-11-9-15(18)10-12-16)17(13-20-2)14-7-5-4-6-8-14/h4-8,15-17H,3,9-13,18H2,1-2H3. The number of ether oxygens (including phenoxy) is 1. The number of benzene rings is 1. The van der Waals surface area contributed by atoms with Crippen molar-refractivity contribution < 1.29 is 4.74 Å². The Labute approximate surface area is 123 Å². The normalized spacial score (nSPS) is 24.8. The molecule has 0 saturated heterocycles. The largest absolute Gasteiger partial charge is 0.383 e. The molecular formula is C17H28N2O. The highest BCUT2D eigenvalue weighted by atomic mass is 16.5. The fourth-order valence-corrected chi connectivity index (χ4v) is 3.38. The van der Waals surface area contributed by atoms with Crippen LogP contribution in [0.25, 0.3) is 0 Å². The highest BCUT2D eigenvalue weighted by molar-refractivity contribution is 5.19. The number of nitrogens with zero attached hydrogens (tertiary/aromatic N) is 1. The fraction of sp³-hybridized carbons (Fsp3) is 0.647. The van der Waals surface area contributed by atoms with Gasteiger partial charge < -0.3 is 10.5 Å². The Hall–Kier alpha value is -0.900. The molecule has 1 unspecified atom stereocenters. The molecule has 0 aliphatic heterocycles. The van der Waals surface area contributed by atoms with Crippen LogP contribution in [-0.2, 0) is 4.74 Å². The predicted molar refractivity (Wildman–Crippen MR) is 83.7 cm³/mol. The number of likely N-dealkylation sites (N-methyl/N-ethyl adjacent to an activating group) is 1. The molecule has 1 aliphatic rings. The molecule has 1 atom stereocenters. The SMILES string of the molecule is CCN(C1CCC(N)CC1)C(COC)c1ccccc1. The van der Waals surface area contributed by atoms with E-state index in [-0.39, 0.29) is 0 Å². The van der Waals surface area contributed by atoms with Crippen LogP contribution in [0.4, 0.5) is 0 Å². The summed E-state index contributed by atoms with van der Waals surface area (Å²) in [5, 5.41) is 0. The third-order valence-corrected chi connectivity index (χ3v) is 4.48. The van der Waals surface area contributed by atoms with Crippen molar-refractivity contribution >= 4 is 0 Å². The minimum Gasteiger partial charge on any atom is -0.383 e. The summed E-state index contributed by atoms with van der Waals surface area (Å²) in [4.78, 5) is 2.60. The summed E-state index contributed by atoms with van der Waals surface area (Å²) in [6, 6.07) is 12.1. The maximum Gasteiger partial charge on any atom is 0.0659 e. The number of hydrogen-bond acceptors (Lipinski definition) is 3. The van der Waals surface area contributed by atoms with Gasteiger partial charge in [0.15, 0.2) is 0 Å². The highest BCUT2D eigenvalue weighted by Gasteiger charge is 2.29. The molecule has 0 bridgehead atoms. The first kappa shape index (κ1) is 15.5. The van der Waals surface area contributed by atoms with Crippen molar-refractivity contribution in [2.24, 2.45) is 5.73 Å². The van der Waals surface area contributed by atoms with Crippen LogP contribution in [0.5, 0.6) is 0 Å². The molecule has 3 nitrogen and oxygen atoms in total. The Morgan fingerprint density at radius 3 is 2.40 bits per heavy atom. The number of nitrogens with two attached hydrogens (primary N) is 1. The van der Waals surface area contributed by atoms with Gasteiger partial charge in [-0.1, -0.05) is 37.3 Å². The second-order valence-electron chi connectivity index (χ2n) is 5.78. The summed E-state index contributed by atoms with van der Waals surface area (Å²) in [6.07, 6.45) is 4.72. The van der Waals surface area contributed by atoms with Gasteiger partial charge in [0.1, 0.15) is 0 Å². The lowest BCUT2D eigenvalue weighted by Crippen LogP contribution is -2.44. The van der Waals surface area contributed by atoms with Crippen LogP contribution >= 0.6 is 0 Å². The van der Waals surface area contributed by atoms with Crippen molar-refractivity contribution in [1.29, 1.82) is 0 Å². The summed E-state index contributed by atoms with van der Waals surface area (Å²) in [5.74, 6) is 0. The lowest BCUT2D eigenvalue weighted by Gasteiger charge is -2.40. The van der Waals surface area contributed by atoms with Gasteiger partial charge in [0.2, 0.25) is 0 Å². The molecule has 1 fully saturated rings. The van der Waals surface area contributed by atoms with Crippen molar-refractivity contribution in [2.75, 3.05) is 20.3 Å². The van der Waals surface area contributed by atoms with E-state index in [4.69, 9.17) is 10.5 Å². The van der Waals surface area contributed by atoms with Gasteiger partial charge in [-0.3, -0.25) is 4.90 Å². The molecule has 2 rings (SSSR count). The van der Waals surface area contributed by atoms with E-state index in [0.717, 1.165) is 26.0 Å². The molecule has 0 aromatic heterocycles. The minimum atomic E-state index is 0.352. The molecule has 1 aromatic rings. The molecular weight excluding hydrogens is 248 g/mol. The second-order valence-corrected chi connectivity index (χ2v) is 5.78. The van der Waals surface area contributed by atoms with E-state index < -0.39 is 0 Å². The van der Waals surface area contributed by atoms with Gasteiger partial charge in [0, 0.05) is 19.2 Å². The van der Waals surface area contributed by atoms with E-state index in [1.165, 1.54) is 18.4 Å². The highest BCUT2D eigenvalue weighted by Crippen LogP contribution is 2.30. The molecule has 1 aliphatic carbocycles. The van der Waals surface area contributed by atoms with E-state index >= 15 is 0 Å². The quantitative estimate of drug-likeness (QED) is 0.868. The zero-order chi connectivity index (χ0) is 14.4. The fourth-order valence-electron chi connectivity index (χ4n) is 3.38. The van der Waals surface area contributed by atoms with Gasteiger partial charge in [-0.05, 0) is 37.8 Å². The van der Waals surface area contributed by atoms with Crippen LogP contribution in [0.1, 0.15) is 44.2 Å². The summed E-state index contributed by atoms with van der Waals surface area (Å²) in [5.41, 5.74) is 7.39. The molecule has 0 heterocycles. The van der Waals surface area contributed by atoms with Gasteiger partial charge in [0.25, 0.3) is 0 Å². The molecule has 2 N–H and O–H groups in total. The second kappa shape index (κ2) is 7.77. The first-order valence-electron chi connectivity index (χ1n) is 7.81. The monoisotopic (exact) mass is 276 g/mol. The third-order valence-electron chi connectivity index (χ3n) is 4.48. The van der Waals surface area contributed by atoms with Crippen molar-refractivity contribution in [1.82, 2.24) is 4.90 Å². The Balaban J connectivity index is 2.13. The molecule has 1 aromatic carbocycles. The van der Waals surface area contributed by atoms with Gasteiger partial charge in [-0.2, -0.15) is 0 Å². The van der Waals surface area contributed by atoms with Crippen molar-refractivity contribution in [2.45, 2.75) is 50.7 Å². The third kappa shape index (κ3) is 3.81. The zero-order valence-electron chi connectivity index (χ0n) is 12.8. The Bertz CT molecular complexity index is 374. The van der Waals surface area contributed by atoms with Crippen LogP contribution in [-0.4, -0.2) is 37.2 Å². The number of hydrogen-bond donors (Lipinski definition) is 1. The van der Waals surface area contributed by atoms with Crippen LogP contribution < -0.4 is 5.73 Å². The van der Waals surface area contributed by atoms with Gasteiger partial charge >= 0.3 is 0 Å². The van der Waals surface area contributed by atoms with Crippen LogP contribution in [0.3, 0.4) is 0 Å². The van der Waals surface area contributed by atoms with Crippen molar-refractivity contribution in [3.05, 3.63) is 35.9 Å². The van der Waals surface area contributed by atoms with E-state index in [0.29, 0.717) is 18.1 Å². The van der Waals surface area contributed by atoms with Gasteiger partial charge in [-0.25, -0.2) is 0 Å². The smallest absolute Gasteiger partial charge is 0.0659 e. The lowest BCUT2D eigenvalue weighted by atomic mass is 9.89. The molecule has 1 saturated carbocycles. The maximum absolute atomic E-state index is 6.04. The predicted octanol–water partition coefficient (Wildman–Crippen LogP) is 2.97. The Morgan fingerprint density at radius 2 is 1.85 bits per heavy atom. The van der Waals surface area contributed by atoms with Gasteiger partial charge in [0.05, 0.1) is 12.6 Å². The molecule has 0 amide bonds. The van der Waals surface area contributed by atoms with E-state index in [1.807, 2.05) is 0 Å². The minimum absolute atomic E-state index is 0.352. The topological polar surface area (TPSA) is 38.5 Å². The number of rotatable bonds is 6. The first-order chi connectivity index (χ1) is 9.76. The van der Waals surface area contributed by atoms with Crippen LogP contribution in [0, 0.1) is 0 Å². The molecule has 112 valence electrons. The summed E-state index contributed by atoms with van der Waals surface area (Å²) in [7, 11) is 1.79. The summed E-state index contributed by atoms with van der Waals surface area (Å²) >= 11 is 0. The van der Waals surface area contributed by atoms with E-state index in [9.17, 15) is 0 Å². The molecule has 0 radical (unpaired) electrons. The maximum atomic E-state index is 6.04. The number of methoxy groups -OCH3 is 1. The summed E-state index contributed by atoms with van der Waals surface area (Å²) < 4.78 is 5.49. The molecule has 20 heavy (non-hydrogen) atoms. The Kier molecular flexibility index (Phi) is 6.02. The lowest BCUT2D eigenvalue weighted by molar-refractivity contribution is 0.0479. The molecule has 3 heteroatoms. The first-order valence-corrected chi connectivity index (χ1v) is 7.81. The molecule has 0 spiro atoms. The van der Waals surface area contributed by atoms with Crippen molar-refractivity contribution in [3.8, 4) is 0 Å². The summed E-state index contributed by atoms with van der Waals surface area (Å²) in [6.45, 7) is 4.06. The van der Waals surface area contributed by atoms with E-state index in [1.54, 1.807) is 7.11 Å². The zero-order valence-corrected chi connectivity index (χ0v) is 12.8. The average molecular weight is 276 g/mol. The Morgan fingerprint density at radius 1 is 1.20 bits per heavy atom. The van der Waals surface area contributed by atoms with Crippen molar-refractivity contribution in [3.63, 3.8) is 0 Å². The van der Waals surface area contributed by atoms with E-state index in [2.05, 4.69) is 42.2 Å². The van der Waals surface area contributed by atoms with Crippen LogP contribution in [0.2, 0.25) is 0 Å². The van der Waals surface area contributed by atoms with Gasteiger partial charge in [-0.15, -0.1) is 0 Å². The van der Waals surface area contributed by atoms with Crippen LogP contribution in [0.15, 0.2) is 30.3 Å². The average Bonchev–Trinajstić information content (AvgIpc) is 2.50.